The lowest BCUT2D eigenvalue weighted by Crippen LogP contribution is -2.32. The molecule has 0 aliphatic carbocycles. The zero-order valence-corrected chi connectivity index (χ0v) is 9.18. The summed E-state index contributed by atoms with van der Waals surface area (Å²) in [5, 5.41) is 0. The van der Waals surface area contributed by atoms with Gasteiger partial charge in [-0.25, -0.2) is 9.18 Å². The van der Waals surface area contributed by atoms with Gasteiger partial charge < -0.3 is 15.2 Å². The molecule has 1 aromatic rings. The van der Waals surface area contributed by atoms with Gasteiger partial charge in [0.25, 0.3) is 5.91 Å². The van der Waals surface area contributed by atoms with Crippen molar-refractivity contribution in [2.24, 2.45) is 5.73 Å². The maximum Gasteiger partial charge on any atom is 0.344 e. The van der Waals surface area contributed by atoms with E-state index in [1.165, 1.54) is 25.1 Å². The first-order valence-corrected chi connectivity index (χ1v) is 4.87. The number of hydrogen-bond acceptors (Lipinski definition) is 4. The van der Waals surface area contributed by atoms with Crippen molar-refractivity contribution in [1.82, 2.24) is 0 Å². The summed E-state index contributed by atoms with van der Waals surface area (Å²) >= 11 is 0. The van der Waals surface area contributed by atoms with E-state index in [1.807, 2.05) is 0 Å². The third-order valence-electron chi connectivity index (χ3n) is 1.89. The third-order valence-corrected chi connectivity index (χ3v) is 1.89. The summed E-state index contributed by atoms with van der Waals surface area (Å²) in [6.07, 6.45) is -1.04. The smallest absolute Gasteiger partial charge is 0.344 e. The highest BCUT2D eigenvalue weighted by Gasteiger charge is 2.15. The number of ether oxygens (including phenoxy) is 2. The molecule has 6 heteroatoms. The Balaban J connectivity index is 2.44. The number of benzene rings is 1. The molecule has 17 heavy (non-hydrogen) atoms. The van der Waals surface area contributed by atoms with Gasteiger partial charge in [0.2, 0.25) is 0 Å². The van der Waals surface area contributed by atoms with E-state index < -0.39 is 30.4 Å². The van der Waals surface area contributed by atoms with Crippen LogP contribution in [0.1, 0.15) is 6.92 Å². The van der Waals surface area contributed by atoms with Crippen molar-refractivity contribution in [3.8, 4) is 5.75 Å². The van der Waals surface area contributed by atoms with E-state index in [0.29, 0.717) is 0 Å². The Morgan fingerprint density at radius 3 is 2.65 bits per heavy atom. The summed E-state index contributed by atoms with van der Waals surface area (Å²) in [6, 6.07) is 5.64. The lowest BCUT2D eigenvalue weighted by molar-refractivity contribution is -0.155. The second-order valence-electron chi connectivity index (χ2n) is 3.25. The van der Waals surface area contributed by atoms with Crippen LogP contribution in [0.5, 0.6) is 5.75 Å². The van der Waals surface area contributed by atoms with Crippen LogP contribution in [0.15, 0.2) is 24.3 Å². The van der Waals surface area contributed by atoms with Crippen LogP contribution >= 0.6 is 0 Å². The quantitative estimate of drug-likeness (QED) is 0.766. The van der Waals surface area contributed by atoms with Gasteiger partial charge in [0.1, 0.15) is 0 Å². The molecule has 1 aromatic carbocycles. The van der Waals surface area contributed by atoms with Gasteiger partial charge in [-0.05, 0) is 19.1 Å². The first-order valence-electron chi connectivity index (χ1n) is 4.87. The number of carbonyl (C=O) groups excluding carboxylic acids is 2. The molecule has 0 aromatic heterocycles. The van der Waals surface area contributed by atoms with E-state index in [0.717, 1.165) is 0 Å². The first-order chi connectivity index (χ1) is 8.00. The summed E-state index contributed by atoms with van der Waals surface area (Å²) < 4.78 is 22.6. The van der Waals surface area contributed by atoms with Gasteiger partial charge in [-0.15, -0.1) is 0 Å². The van der Waals surface area contributed by atoms with E-state index in [-0.39, 0.29) is 5.75 Å². The molecular weight excluding hydrogens is 229 g/mol. The molecule has 0 fully saturated rings. The highest BCUT2D eigenvalue weighted by Crippen LogP contribution is 2.15. The molecule has 0 heterocycles. The molecule has 5 nitrogen and oxygen atoms in total. The molecular formula is C11H12FNO4. The Morgan fingerprint density at radius 2 is 2.06 bits per heavy atom. The van der Waals surface area contributed by atoms with E-state index in [9.17, 15) is 14.0 Å². The highest BCUT2D eigenvalue weighted by molar-refractivity contribution is 5.82. The Hall–Kier alpha value is -2.11. The number of primary amides is 1. The molecule has 0 aliphatic heterocycles. The second-order valence-corrected chi connectivity index (χ2v) is 3.25. The van der Waals surface area contributed by atoms with Gasteiger partial charge in [-0.2, -0.15) is 0 Å². The predicted molar refractivity (Wildman–Crippen MR) is 56.6 cm³/mol. The molecule has 2 N–H and O–H groups in total. The molecule has 0 spiro atoms. The summed E-state index contributed by atoms with van der Waals surface area (Å²) in [6.45, 7) is 0.849. The van der Waals surface area contributed by atoms with Gasteiger partial charge in [-0.3, -0.25) is 4.79 Å². The largest absolute Gasteiger partial charge is 0.479 e. The van der Waals surface area contributed by atoms with E-state index in [2.05, 4.69) is 4.74 Å². The van der Waals surface area contributed by atoms with Crippen LogP contribution in [0.25, 0.3) is 0 Å². The fraction of sp³-hybridized carbons (Fsp3) is 0.273. The third kappa shape index (κ3) is 4.10. The average molecular weight is 241 g/mol. The highest BCUT2D eigenvalue weighted by atomic mass is 19.1. The number of halogens is 1. The van der Waals surface area contributed by atoms with E-state index in [1.54, 1.807) is 6.07 Å². The zero-order chi connectivity index (χ0) is 12.8. The minimum Gasteiger partial charge on any atom is -0.479 e. The molecule has 1 amide bonds. The monoisotopic (exact) mass is 241 g/mol. The van der Waals surface area contributed by atoms with Crippen molar-refractivity contribution in [2.45, 2.75) is 13.0 Å². The van der Waals surface area contributed by atoms with Crippen molar-refractivity contribution in [3.05, 3.63) is 30.1 Å². The Bertz CT molecular complexity index is 422. The van der Waals surface area contributed by atoms with Gasteiger partial charge in [0.05, 0.1) is 0 Å². The average Bonchev–Trinajstić information content (AvgIpc) is 2.27. The van der Waals surface area contributed by atoms with Gasteiger partial charge in [0.15, 0.2) is 24.3 Å². The Kier molecular flexibility index (Phi) is 4.45. The van der Waals surface area contributed by atoms with Crippen LogP contribution < -0.4 is 10.5 Å². The fourth-order valence-corrected chi connectivity index (χ4v) is 0.988. The van der Waals surface area contributed by atoms with Crippen molar-refractivity contribution in [3.63, 3.8) is 0 Å². The van der Waals surface area contributed by atoms with Crippen molar-refractivity contribution in [2.75, 3.05) is 6.61 Å². The molecule has 0 aliphatic rings. The number of para-hydroxylation sites is 1. The standard InChI is InChI=1S/C11H12FNO4/c1-7(11(13)15)17-10(14)6-16-9-5-3-2-4-8(9)12/h2-5,7H,6H2,1H3,(H2,13,15)/t7-/m0/s1. The molecule has 92 valence electrons. The maximum atomic E-state index is 13.1. The van der Waals surface area contributed by atoms with Crippen LogP contribution in [-0.4, -0.2) is 24.6 Å². The molecule has 0 saturated carbocycles. The number of rotatable bonds is 5. The lowest BCUT2D eigenvalue weighted by atomic mass is 10.3. The van der Waals surface area contributed by atoms with Gasteiger partial charge >= 0.3 is 5.97 Å². The topological polar surface area (TPSA) is 78.6 Å². The second kappa shape index (κ2) is 5.83. The van der Waals surface area contributed by atoms with Crippen LogP contribution in [-0.2, 0) is 14.3 Å². The number of esters is 1. The van der Waals surface area contributed by atoms with E-state index in [4.69, 9.17) is 10.5 Å². The summed E-state index contributed by atoms with van der Waals surface area (Å²) in [7, 11) is 0. The van der Waals surface area contributed by atoms with Crippen molar-refractivity contribution < 1.29 is 23.5 Å². The van der Waals surface area contributed by atoms with E-state index >= 15 is 0 Å². The summed E-state index contributed by atoms with van der Waals surface area (Å²) in [5.41, 5.74) is 4.90. The zero-order valence-electron chi connectivity index (χ0n) is 9.18. The number of nitrogens with two attached hydrogens (primary N) is 1. The van der Waals surface area contributed by atoms with Crippen LogP contribution in [0.3, 0.4) is 0 Å². The molecule has 1 atom stereocenters. The number of hydrogen-bond donors (Lipinski definition) is 1. The number of carbonyl (C=O) groups is 2. The van der Waals surface area contributed by atoms with Crippen molar-refractivity contribution in [1.29, 1.82) is 0 Å². The number of amides is 1. The van der Waals surface area contributed by atoms with Crippen LogP contribution in [0.2, 0.25) is 0 Å². The predicted octanol–water partition coefficient (Wildman–Crippen LogP) is 0.622. The lowest BCUT2D eigenvalue weighted by Gasteiger charge is -2.10. The van der Waals surface area contributed by atoms with Crippen molar-refractivity contribution >= 4 is 11.9 Å². The molecule has 0 saturated heterocycles. The maximum absolute atomic E-state index is 13.1. The van der Waals surface area contributed by atoms with Gasteiger partial charge in [0, 0.05) is 0 Å². The normalized spacial score (nSPS) is 11.6. The first kappa shape index (κ1) is 13.0. The van der Waals surface area contributed by atoms with Gasteiger partial charge in [-0.1, -0.05) is 12.1 Å². The molecule has 0 bridgehead atoms. The Morgan fingerprint density at radius 1 is 1.41 bits per heavy atom. The SMILES string of the molecule is C[C@H](OC(=O)COc1ccccc1F)C(N)=O. The molecule has 1 rings (SSSR count). The molecule has 0 radical (unpaired) electrons. The Labute approximate surface area is 97.3 Å². The minimum atomic E-state index is -1.04. The minimum absolute atomic E-state index is 0.0591. The van der Waals surface area contributed by atoms with Crippen LogP contribution in [0, 0.1) is 5.82 Å². The molecule has 0 unspecified atom stereocenters. The fourth-order valence-electron chi connectivity index (χ4n) is 0.988. The van der Waals surface area contributed by atoms with Crippen LogP contribution in [0.4, 0.5) is 4.39 Å². The summed E-state index contributed by atoms with van der Waals surface area (Å²) in [4.78, 5) is 21.8. The summed E-state index contributed by atoms with van der Waals surface area (Å²) in [5.74, 6) is -2.19.